The Kier molecular flexibility index (Phi) is 5.26. The first-order valence-electron chi connectivity index (χ1n) is 10.5. The van der Waals surface area contributed by atoms with Crippen molar-refractivity contribution in [2.75, 3.05) is 18.0 Å². The van der Waals surface area contributed by atoms with Gasteiger partial charge in [-0.25, -0.2) is 19.4 Å². The van der Waals surface area contributed by atoms with Crippen molar-refractivity contribution < 1.29 is 14.3 Å². The van der Waals surface area contributed by atoms with Crippen molar-refractivity contribution >= 4 is 28.3 Å². The van der Waals surface area contributed by atoms with Crippen molar-refractivity contribution in [3.05, 3.63) is 77.9 Å². The molecular weight excluding hydrogens is 421 g/mol. The second-order valence-corrected chi connectivity index (χ2v) is 7.92. The van der Waals surface area contributed by atoms with Crippen molar-refractivity contribution in [3.8, 4) is 17.1 Å². The standard InChI is InChI=1S/C25H20FN5O2/c1-15-7-8-18-20(12-15)29-23(22-19(26)5-2-6-21(22)32)30-24(18)31-11-9-17(14-31)28-25(33)16-4-3-10-27-13-16/h2-8,10,12-13,32H,9,11,14H2,1H3. The summed E-state index contributed by atoms with van der Waals surface area (Å²) in [5.74, 6) is -0.440. The average molecular weight is 441 g/mol. The SMILES string of the molecule is Cc1ccc2c(N3CCC(=NC(=O)c4cccnc4)C3)nc(-c3c(O)cccc3F)nc2c1. The third kappa shape index (κ3) is 4.03. The number of phenolic OH excluding ortho intramolecular Hbond substituents is 1. The maximum absolute atomic E-state index is 14.6. The number of halogens is 1. The summed E-state index contributed by atoms with van der Waals surface area (Å²) in [4.78, 5) is 31.9. The number of aromatic hydroxyl groups is 1. The lowest BCUT2D eigenvalue weighted by Gasteiger charge is -2.19. The van der Waals surface area contributed by atoms with Crippen molar-refractivity contribution in [2.45, 2.75) is 13.3 Å². The van der Waals surface area contributed by atoms with E-state index >= 15 is 0 Å². The molecule has 2 aromatic carbocycles. The minimum atomic E-state index is -0.598. The molecule has 2 aromatic heterocycles. The van der Waals surface area contributed by atoms with Crippen LogP contribution in [0.15, 0.2) is 65.9 Å². The molecule has 1 aliphatic rings. The monoisotopic (exact) mass is 441 g/mol. The van der Waals surface area contributed by atoms with Crippen LogP contribution >= 0.6 is 0 Å². The fraction of sp³-hybridized carbons (Fsp3) is 0.160. The number of anilines is 1. The smallest absolute Gasteiger partial charge is 0.278 e. The summed E-state index contributed by atoms with van der Waals surface area (Å²) in [5.41, 5.74) is 2.78. The van der Waals surface area contributed by atoms with E-state index in [2.05, 4.69) is 19.9 Å². The zero-order chi connectivity index (χ0) is 22.9. The van der Waals surface area contributed by atoms with Gasteiger partial charge in [-0.15, -0.1) is 0 Å². The predicted octanol–water partition coefficient (Wildman–Crippen LogP) is 4.34. The van der Waals surface area contributed by atoms with Crippen molar-refractivity contribution in [1.82, 2.24) is 15.0 Å². The quantitative estimate of drug-likeness (QED) is 0.509. The number of fused-ring (bicyclic) bond motifs is 1. The third-order valence-corrected chi connectivity index (χ3v) is 5.56. The van der Waals surface area contributed by atoms with Gasteiger partial charge in [0.15, 0.2) is 5.82 Å². The van der Waals surface area contributed by atoms with E-state index in [1.54, 1.807) is 18.3 Å². The molecule has 1 N–H and O–H groups in total. The number of benzene rings is 2. The van der Waals surface area contributed by atoms with Crippen molar-refractivity contribution in [3.63, 3.8) is 0 Å². The molecule has 0 spiro atoms. The summed E-state index contributed by atoms with van der Waals surface area (Å²) in [6, 6.07) is 13.3. The first kappa shape index (κ1) is 20.7. The van der Waals surface area contributed by atoms with Crippen LogP contribution in [0.5, 0.6) is 5.75 Å². The highest BCUT2D eigenvalue weighted by Gasteiger charge is 2.25. The highest BCUT2D eigenvalue weighted by molar-refractivity contribution is 6.06. The summed E-state index contributed by atoms with van der Waals surface area (Å²) in [6.45, 7) is 2.96. The number of rotatable bonds is 3. The van der Waals surface area contributed by atoms with E-state index in [0.717, 1.165) is 16.7 Å². The van der Waals surface area contributed by atoms with Gasteiger partial charge in [0.2, 0.25) is 0 Å². The second kappa shape index (κ2) is 8.38. The normalized spacial score (nSPS) is 14.8. The number of amides is 1. The third-order valence-electron chi connectivity index (χ3n) is 5.56. The van der Waals surface area contributed by atoms with Crippen LogP contribution < -0.4 is 4.90 Å². The Morgan fingerprint density at radius 2 is 2.03 bits per heavy atom. The van der Waals surface area contributed by atoms with Gasteiger partial charge in [0, 0.05) is 36.5 Å². The van der Waals surface area contributed by atoms with Gasteiger partial charge in [0.25, 0.3) is 5.91 Å². The second-order valence-electron chi connectivity index (χ2n) is 7.92. The Labute approximate surface area is 189 Å². The predicted molar refractivity (Wildman–Crippen MR) is 124 cm³/mol. The molecule has 8 heteroatoms. The minimum Gasteiger partial charge on any atom is -0.507 e. The number of pyridine rings is 1. The molecule has 1 aliphatic heterocycles. The van der Waals surface area contributed by atoms with Gasteiger partial charge >= 0.3 is 0 Å². The van der Waals surface area contributed by atoms with Crippen molar-refractivity contribution in [2.24, 2.45) is 4.99 Å². The molecule has 5 rings (SSSR count). The zero-order valence-electron chi connectivity index (χ0n) is 17.9. The van der Waals surface area contributed by atoms with E-state index in [-0.39, 0.29) is 23.0 Å². The number of aliphatic imine (C=N–C) groups is 1. The number of aryl methyl sites for hydroxylation is 1. The molecule has 7 nitrogen and oxygen atoms in total. The van der Waals surface area contributed by atoms with E-state index in [4.69, 9.17) is 0 Å². The first-order valence-corrected chi connectivity index (χ1v) is 10.5. The van der Waals surface area contributed by atoms with E-state index in [1.165, 1.54) is 24.4 Å². The molecule has 33 heavy (non-hydrogen) atoms. The number of aromatic nitrogens is 3. The number of carbonyl (C=O) groups is 1. The number of hydrogen-bond acceptors (Lipinski definition) is 6. The van der Waals surface area contributed by atoms with Crippen LogP contribution in [-0.2, 0) is 0 Å². The molecule has 3 heterocycles. The van der Waals surface area contributed by atoms with E-state index in [9.17, 15) is 14.3 Å². The molecule has 0 atom stereocenters. The van der Waals surface area contributed by atoms with Gasteiger partial charge in [0.1, 0.15) is 17.4 Å². The Balaban J connectivity index is 1.55. The van der Waals surface area contributed by atoms with Crippen LogP contribution in [0, 0.1) is 12.7 Å². The maximum Gasteiger partial charge on any atom is 0.278 e. The van der Waals surface area contributed by atoms with Crippen LogP contribution in [0.4, 0.5) is 10.2 Å². The Morgan fingerprint density at radius 1 is 1.15 bits per heavy atom. The van der Waals surface area contributed by atoms with Crippen LogP contribution in [0.3, 0.4) is 0 Å². The summed E-state index contributed by atoms with van der Waals surface area (Å²) < 4.78 is 14.6. The van der Waals surface area contributed by atoms with Crippen LogP contribution in [0.2, 0.25) is 0 Å². The van der Waals surface area contributed by atoms with Gasteiger partial charge in [-0.3, -0.25) is 9.78 Å². The Bertz CT molecular complexity index is 1380. The largest absolute Gasteiger partial charge is 0.507 e. The highest BCUT2D eigenvalue weighted by atomic mass is 19.1. The lowest BCUT2D eigenvalue weighted by molar-refractivity contribution is 0.100. The lowest BCUT2D eigenvalue weighted by atomic mass is 10.1. The summed E-state index contributed by atoms with van der Waals surface area (Å²) in [7, 11) is 0. The molecule has 0 unspecified atom stereocenters. The van der Waals surface area contributed by atoms with Gasteiger partial charge in [0.05, 0.1) is 23.2 Å². The summed E-state index contributed by atoms with van der Waals surface area (Å²) in [6.07, 6.45) is 3.70. The number of phenols is 1. The number of nitrogens with zero attached hydrogens (tertiary/aromatic N) is 5. The Morgan fingerprint density at radius 3 is 2.82 bits per heavy atom. The topological polar surface area (TPSA) is 91.6 Å². The van der Waals surface area contributed by atoms with E-state index < -0.39 is 5.82 Å². The fourth-order valence-electron chi connectivity index (χ4n) is 3.92. The van der Waals surface area contributed by atoms with Crippen molar-refractivity contribution in [1.29, 1.82) is 0 Å². The summed E-state index contributed by atoms with van der Waals surface area (Å²) in [5, 5.41) is 11.1. The molecular formula is C25H20FN5O2. The molecule has 0 bridgehead atoms. The number of carbonyl (C=O) groups excluding carboxylic acids is 1. The van der Waals surface area contributed by atoms with Gasteiger partial charge in [-0.2, -0.15) is 0 Å². The molecule has 1 amide bonds. The average Bonchev–Trinajstić information content (AvgIpc) is 3.27. The molecule has 164 valence electrons. The molecule has 0 radical (unpaired) electrons. The lowest BCUT2D eigenvalue weighted by Crippen LogP contribution is -2.22. The molecule has 4 aromatic rings. The van der Waals surface area contributed by atoms with Gasteiger partial charge in [-0.1, -0.05) is 12.1 Å². The van der Waals surface area contributed by atoms with Crippen LogP contribution in [0.25, 0.3) is 22.3 Å². The summed E-state index contributed by atoms with van der Waals surface area (Å²) >= 11 is 0. The van der Waals surface area contributed by atoms with Crippen LogP contribution in [0.1, 0.15) is 22.3 Å². The first-order chi connectivity index (χ1) is 16.0. The zero-order valence-corrected chi connectivity index (χ0v) is 17.9. The van der Waals surface area contributed by atoms with Gasteiger partial charge < -0.3 is 10.0 Å². The minimum absolute atomic E-state index is 0.0398. The molecule has 0 saturated carbocycles. The number of hydrogen-bond donors (Lipinski definition) is 1. The van der Waals surface area contributed by atoms with E-state index in [1.807, 2.05) is 30.0 Å². The maximum atomic E-state index is 14.6. The Hall–Kier alpha value is -4.20. The molecule has 0 aliphatic carbocycles. The molecule has 1 fully saturated rings. The van der Waals surface area contributed by atoms with E-state index in [0.29, 0.717) is 36.4 Å². The highest BCUT2D eigenvalue weighted by Crippen LogP contribution is 2.34. The van der Waals surface area contributed by atoms with Gasteiger partial charge in [-0.05, 0) is 48.9 Å². The van der Waals surface area contributed by atoms with Crippen LogP contribution in [-0.4, -0.2) is 44.8 Å². The molecule has 1 saturated heterocycles. The fourth-order valence-corrected chi connectivity index (χ4v) is 3.92.